The van der Waals surface area contributed by atoms with E-state index in [2.05, 4.69) is 11.8 Å². The molecule has 0 aliphatic carbocycles. The Hall–Kier alpha value is -0.870. The van der Waals surface area contributed by atoms with Gasteiger partial charge in [0.15, 0.2) is 0 Å². The van der Waals surface area contributed by atoms with Crippen molar-refractivity contribution in [3.63, 3.8) is 0 Å². The minimum absolute atomic E-state index is 0.120. The Bertz CT molecular complexity index is 523. The fourth-order valence-electron chi connectivity index (χ4n) is 1.22. The van der Waals surface area contributed by atoms with Crippen molar-refractivity contribution in [1.29, 1.82) is 0 Å². The average molecular weight is 272 g/mol. The molecule has 94 valence electrons. The van der Waals surface area contributed by atoms with E-state index in [1.54, 1.807) is 14.0 Å². The number of rotatable bonds is 4. The maximum atomic E-state index is 11.6. The Balaban J connectivity index is 2.73. The molecule has 0 atom stereocenters. The molecule has 1 heterocycles. The minimum atomic E-state index is -3.12. The summed E-state index contributed by atoms with van der Waals surface area (Å²) < 4.78 is 24.5. The van der Waals surface area contributed by atoms with Gasteiger partial charge >= 0.3 is 0 Å². The van der Waals surface area contributed by atoms with E-state index in [1.165, 1.54) is 15.6 Å². The highest BCUT2D eigenvalue weighted by Crippen LogP contribution is 2.17. The molecule has 17 heavy (non-hydrogen) atoms. The summed E-state index contributed by atoms with van der Waals surface area (Å²) in [4.78, 5) is 0.978. The maximum absolute atomic E-state index is 11.6. The molecule has 0 radical (unpaired) electrons. The van der Waals surface area contributed by atoms with E-state index >= 15 is 0 Å². The molecule has 0 spiro atoms. The lowest BCUT2D eigenvalue weighted by Gasteiger charge is -2.14. The lowest BCUT2D eigenvalue weighted by molar-refractivity contribution is 0.471. The van der Waals surface area contributed by atoms with Crippen LogP contribution in [0.25, 0.3) is 0 Å². The Morgan fingerprint density at radius 2 is 2.24 bits per heavy atom. The SMILES string of the molecule is CCS(=O)(=O)N(C)Cc1cc(C#CCN)cs1. The molecule has 2 N–H and O–H groups in total. The van der Waals surface area contributed by atoms with E-state index in [9.17, 15) is 8.42 Å². The molecule has 1 rings (SSSR count). The zero-order chi connectivity index (χ0) is 12.9. The summed E-state index contributed by atoms with van der Waals surface area (Å²) in [6.07, 6.45) is 0. The molecule has 0 amide bonds. The number of nitrogens with two attached hydrogens (primary N) is 1. The summed E-state index contributed by atoms with van der Waals surface area (Å²) in [6, 6.07) is 1.90. The van der Waals surface area contributed by atoms with Crippen molar-refractivity contribution in [1.82, 2.24) is 4.31 Å². The first-order valence-corrected chi connectivity index (χ1v) is 7.69. The minimum Gasteiger partial charge on any atom is -0.320 e. The van der Waals surface area contributed by atoms with Crippen LogP contribution >= 0.6 is 11.3 Å². The fraction of sp³-hybridized carbons (Fsp3) is 0.455. The average Bonchev–Trinajstić information content (AvgIpc) is 2.74. The summed E-state index contributed by atoms with van der Waals surface area (Å²) in [5.74, 6) is 5.80. The second-order valence-electron chi connectivity index (χ2n) is 3.46. The van der Waals surface area contributed by atoms with Crippen LogP contribution in [-0.2, 0) is 16.6 Å². The normalized spacial score (nSPS) is 11.3. The van der Waals surface area contributed by atoms with Gasteiger partial charge in [-0.3, -0.25) is 0 Å². The maximum Gasteiger partial charge on any atom is 0.213 e. The van der Waals surface area contributed by atoms with Crippen LogP contribution in [0.1, 0.15) is 17.4 Å². The monoisotopic (exact) mass is 272 g/mol. The first kappa shape index (κ1) is 14.2. The van der Waals surface area contributed by atoms with Crippen molar-refractivity contribution >= 4 is 21.4 Å². The molecule has 1 aromatic rings. The highest BCUT2D eigenvalue weighted by molar-refractivity contribution is 7.89. The molecule has 0 unspecified atom stereocenters. The van der Waals surface area contributed by atoms with Crippen molar-refractivity contribution < 1.29 is 8.42 Å². The van der Waals surface area contributed by atoms with Gasteiger partial charge in [0.05, 0.1) is 12.3 Å². The van der Waals surface area contributed by atoms with E-state index in [0.717, 1.165) is 10.4 Å². The van der Waals surface area contributed by atoms with Crippen molar-refractivity contribution in [3.05, 3.63) is 21.9 Å². The summed E-state index contributed by atoms with van der Waals surface area (Å²) in [5.41, 5.74) is 6.17. The standard InChI is InChI=1S/C11H16N2O2S2/c1-3-17(14,15)13(2)8-11-7-10(9-16-11)5-4-6-12/h7,9H,3,6,8,12H2,1-2H3. The van der Waals surface area contributed by atoms with Gasteiger partial charge in [0.25, 0.3) is 0 Å². The number of sulfonamides is 1. The van der Waals surface area contributed by atoms with Crippen LogP contribution in [0.4, 0.5) is 0 Å². The Morgan fingerprint density at radius 3 is 2.82 bits per heavy atom. The van der Waals surface area contributed by atoms with Crippen LogP contribution in [-0.4, -0.2) is 32.1 Å². The molecule has 4 nitrogen and oxygen atoms in total. The molecule has 0 aliphatic rings. The molecule has 0 aliphatic heterocycles. The lowest BCUT2D eigenvalue weighted by atomic mass is 10.3. The Morgan fingerprint density at radius 1 is 1.53 bits per heavy atom. The van der Waals surface area contributed by atoms with E-state index in [-0.39, 0.29) is 5.75 Å². The second-order valence-corrected chi connectivity index (χ2v) is 6.82. The number of thiophene rings is 1. The molecular formula is C11H16N2O2S2. The topological polar surface area (TPSA) is 63.4 Å². The summed E-state index contributed by atoms with van der Waals surface area (Å²) in [6.45, 7) is 2.36. The summed E-state index contributed by atoms with van der Waals surface area (Å²) >= 11 is 1.51. The van der Waals surface area contributed by atoms with Gasteiger partial charge in [-0.25, -0.2) is 8.42 Å². The van der Waals surface area contributed by atoms with E-state index in [1.807, 2.05) is 11.4 Å². The van der Waals surface area contributed by atoms with Gasteiger partial charge in [-0.15, -0.1) is 11.3 Å². The lowest BCUT2D eigenvalue weighted by Crippen LogP contribution is -2.27. The van der Waals surface area contributed by atoms with Gasteiger partial charge in [0.1, 0.15) is 0 Å². The fourth-order valence-corrected chi connectivity index (χ4v) is 2.95. The number of hydrogen-bond donors (Lipinski definition) is 1. The largest absolute Gasteiger partial charge is 0.320 e. The van der Waals surface area contributed by atoms with Crippen LogP contribution in [0, 0.1) is 11.8 Å². The Kier molecular flexibility index (Phi) is 5.15. The van der Waals surface area contributed by atoms with Crippen LogP contribution in [0.5, 0.6) is 0 Å². The molecule has 0 fully saturated rings. The molecule has 0 aromatic carbocycles. The molecule has 0 bridgehead atoms. The van der Waals surface area contributed by atoms with Crippen LogP contribution in [0.2, 0.25) is 0 Å². The van der Waals surface area contributed by atoms with Gasteiger partial charge in [-0.1, -0.05) is 11.8 Å². The van der Waals surface area contributed by atoms with Gasteiger partial charge < -0.3 is 5.73 Å². The van der Waals surface area contributed by atoms with E-state index in [4.69, 9.17) is 5.73 Å². The molecule has 0 saturated carbocycles. The Labute approximate surface area is 106 Å². The van der Waals surface area contributed by atoms with Crippen molar-refractivity contribution in [2.24, 2.45) is 5.73 Å². The third-order valence-electron chi connectivity index (χ3n) is 2.21. The molecule has 6 heteroatoms. The van der Waals surface area contributed by atoms with Crippen LogP contribution in [0.15, 0.2) is 11.4 Å². The van der Waals surface area contributed by atoms with Crippen LogP contribution in [0.3, 0.4) is 0 Å². The van der Waals surface area contributed by atoms with E-state index < -0.39 is 10.0 Å². The van der Waals surface area contributed by atoms with Gasteiger partial charge in [0.2, 0.25) is 10.0 Å². The predicted octanol–water partition coefficient (Wildman–Crippen LogP) is 0.840. The quantitative estimate of drug-likeness (QED) is 0.826. The van der Waals surface area contributed by atoms with Crippen molar-refractivity contribution in [2.45, 2.75) is 13.5 Å². The first-order valence-electron chi connectivity index (χ1n) is 5.20. The molecule has 0 saturated heterocycles. The van der Waals surface area contributed by atoms with Crippen LogP contribution < -0.4 is 5.73 Å². The van der Waals surface area contributed by atoms with E-state index in [0.29, 0.717) is 13.1 Å². The number of hydrogen-bond acceptors (Lipinski definition) is 4. The van der Waals surface area contributed by atoms with Gasteiger partial charge in [0, 0.05) is 29.4 Å². The van der Waals surface area contributed by atoms with Crippen molar-refractivity contribution in [2.75, 3.05) is 19.3 Å². The summed E-state index contributed by atoms with van der Waals surface area (Å²) in [7, 11) is -1.53. The highest BCUT2D eigenvalue weighted by Gasteiger charge is 2.15. The number of nitrogens with zero attached hydrogens (tertiary/aromatic N) is 1. The van der Waals surface area contributed by atoms with Gasteiger partial charge in [-0.2, -0.15) is 4.31 Å². The summed E-state index contributed by atoms with van der Waals surface area (Å²) in [5, 5.41) is 1.91. The van der Waals surface area contributed by atoms with Crippen molar-refractivity contribution in [3.8, 4) is 11.8 Å². The first-order chi connectivity index (χ1) is 7.99. The highest BCUT2D eigenvalue weighted by atomic mass is 32.2. The third-order valence-corrected chi connectivity index (χ3v) is 4.94. The smallest absolute Gasteiger partial charge is 0.213 e. The predicted molar refractivity (Wildman–Crippen MR) is 71.2 cm³/mol. The second kappa shape index (κ2) is 6.17. The zero-order valence-corrected chi connectivity index (χ0v) is 11.6. The molecular weight excluding hydrogens is 256 g/mol. The molecule has 1 aromatic heterocycles. The third kappa shape index (κ3) is 4.13. The van der Waals surface area contributed by atoms with Gasteiger partial charge in [-0.05, 0) is 13.0 Å². The zero-order valence-electron chi connectivity index (χ0n) is 9.93.